The summed E-state index contributed by atoms with van der Waals surface area (Å²) < 4.78 is 8.06. The van der Waals surface area contributed by atoms with Gasteiger partial charge >= 0.3 is 0 Å². The highest BCUT2D eigenvalue weighted by atomic mass is 16.5. The second-order valence-electron chi connectivity index (χ2n) is 11.7. The van der Waals surface area contributed by atoms with Crippen molar-refractivity contribution in [3.05, 3.63) is 47.3 Å². The molecule has 4 heterocycles. The predicted octanol–water partition coefficient (Wildman–Crippen LogP) is 6.53. The van der Waals surface area contributed by atoms with Crippen LogP contribution in [0.2, 0.25) is 0 Å². The topological polar surface area (TPSA) is 33.5 Å². The monoisotopic (exact) mass is 502 g/mol. The van der Waals surface area contributed by atoms with Gasteiger partial charge in [0.25, 0.3) is 0 Å². The maximum atomic E-state index is 5.66. The molecule has 0 aliphatic carbocycles. The summed E-state index contributed by atoms with van der Waals surface area (Å²) in [5.74, 6) is 0.825. The Hall–Kier alpha value is -2.37. The van der Waals surface area contributed by atoms with Crippen molar-refractivity contribution in [1.29, 1.82) is 0 Å². The number of pyridine rings is 1. The van der Waals surface area contributed by atoms with Crippen LogP contribution in [0.1, 0.15) is 62.9 Å². The Labute approximate surface area is 223 Å². The van der Waals surface area contributed by atoms with E-state index in [-0.39, 0.29) is 0 Å². The number of hydrogen-bond acceptors (Lipinski definition) is 4. The van der Waals surface area contributed by atoms with Crippen molar-refractivity contribution in [1.82, 2.24) is 14.5 Å². The summed E-state index contributed by atoms with van der Waals surface area (Å²) >= 11 is 0. The molecule has 0 bridgehead atoms. The zero-order chi connectivity index (χ0) is 25.9. The number of ether oxygens (including phenoxy) is 1. The fourth-order valence-electron chi connectivity index (χ4n) is 6.43. The molecule has 5 rings (SSSR count). The third-order valence-electron chi connectivity index (χ3n) is 8.74. The van der Waals surface area contributed by atoms with E-state index in [2.05, 4.69) is 79.4 Å². The molecule has 200 valence electrons. The number of benzene rings is 1. The van der Waals surface area contributed by atoms with Crippen LogP contribution in [-0.2, 0) is 18.2 Å². The number of piperazine rings is 1. The molecule has 37 heavy (non-hydrogen) atoms. The summed E-state index contributed by atoms with van der Waals surface area (Å²) in [5, 5.41) is 1.28. The fourth-order valence-corrected chi connectivity index (χ4v) is 6.43. The molecule has 0 N–H and O–H groups in total. The zero-order valence-electron chi connectivity index (χ0n) is 23.7. The smallest absolute Gasteiger partial charge is 0.0799 e. The molecule has 2 aliphatic heterocycles. The number of nitrogens with zero attached hydrogens (tertiary/aromatic N) is 4. The van der Waals surface area contributed by atoms with Crippen molar-refractivity contribution < 1.29 is 4.74 Å². The molecule has 2 fully saturated rings. The van der Waals surface area contributed by atoms with E-state index >= 15 is 0 Å². The van der Waals surface area contributed by atoms with Gasteiger partial charge in [-0.15, -0.1) is 0 Å². The van der Waals surface area contributed by atoms with E-state index in [4.69, 9.17) is 9.72 Å². The summed E-state index contributed by atoms with van der Waals surface area (Å²) in [7, 11) is 2.23. The van der Waals surface area contributed by atoms with Crippen LogP contribution in [0.15, 0.2) is 30.3 Å². The normalized spacial score (nSPS) is 19.6. The lowest BCUT2D eigenvalue weighted by Crippen LogP contribution is -2.49. The maximum Gasteiger partial charge on any atom is 0.0799 e. The van der Waals surface area contributed by atoms with E-state index < -0.39 is 0 Å². The summed E-state index contributed by atoms with van der Waals surface area (Å²) in [4.78, 5) is 10.2. The Bertz CT molecular complexity index is 1200. The molecule has 2 aliphatic rings. The number of aromatic nitrogens is 2. The second kappa shape index (κ2) is 11.6. The van der Waals surface area contributed by atoms with Crippen LogP contribution in [0.25, 0.3) is 22.2 Å². The molecule has 2 saturated heterocycles. The molecular weight excluding hydrogens is 456 g/mol. The highest BCUT2D eigenvalue weighted by molar-refractivity contribution is 5.94. The molecule has 5 heteroatoms. The Morgan fingerprint density at radius 3 is 2.57 bits per heavy atom. The Morgan fingerprint density at radius 1 is 1.00 bits per heavy atom. The fraction of sp³-hybridized carbons (Fsp3) is 0.594. The van der Waals surface area contributed by atoms with E-state index in [1.807, 2.05) is 0 Å². The minimum atomic E-state index is 0.627. The van der Waals surface area contributed by atoms with Gasteiger partial charge in [-0.3, -0.25) is 9.88 Å². The van der Waals surface area contributed by atoms with Gasteiger partial charge in [-0.1, -0.05) is 6.07 Å². The zero-order valence-corrected chi connectivity index (χ0v) is 23.7. The summed E-state index contributed by atoms with van der Waals surface area (Å²) in [6.45, 7) is 15.3. The number of aryl methyl sites for hydroxylation is 4. The Kier molecular flexibility index (Phi) is 8.21. The molecule has 1 aromatic carbocycles. The van der Waals surface area contributed by atoms with Gasteiger partial charge in [0.15, 0.2) is 0 Å². The SMILES string of the molecule is Cc1cc2c(cc(CCCC3CCCOCC3)n2C)c(-c2ccc(N3CCN(C(C)C)CC3)c(C)c2)n1. The predicted molar refractivity (Wildman–Crippen MR) is 156 cm³/mol. The third kappa shape index (κ3) is 5.88. The van der Waals surface area contributed by atoms with Crippen LogP contribution in [0.5, 0.6) is 0 Å². The lowest BCUT2D eigenvalue weighted by molar-refractivity contribution is 0.141. The Morgan fingerprint density at radius 2 is 1.81 bits per heavy atom. The van der Waals surface area contributed by atoms with Gasteiger partial charge in [0, 0.05) is 80.5 Å². The third-order valence-corrected chi connectivity index (χ3v) is 8.74. The summed E-state index contributed by atoms with van der Waals surface area (Å²) in [5.41, 5.74) is 8.87. The van der Waals surface area contributed by atoms with E-state index in [1.54, 1.807) is 0 Å². The molecule has 0 spiro atoms. The van der Waals surface area contributed by atoms with Crippen LogP contribution >= 0.6 is 0 Å². The first-order valence-corrected chi connectivity index (χ1v) is 14.5. The first kappa shape index (κ1) is 26.2. The standard InChI is InChI=1S/C32H46N4O/c1-23(2)35-14-16-36(17-15-35)30-12-11-27(20-24(30)3)32-29-22-28(34(5)31(29)21-25(4)33-32)10-6-8-26-9-7-18-37-19-13-26/h11-12,20-23,26H,6-10,13-19H2,1-5H3. The van der Waals surface area contributed by atoms with Gasteiger partial charge in [-0.2, -0.15) is 0 Å². The van der Waals surface area contributed by atoms with Crippen molar-refractivity contribution in [2.75, 3.05) is 44.3 Å². The molecular formula is C32H46N4O. The average molecular weight is 503 g/mol. The first-order chi connectivity index (χ1) is 17.9. The maximum absolute atomic E-state index is 5.66. The van der Waals surface area contributed by atoms with Crippen LogP contribution in [0, 0.1) is 19.8 Å². The van der Waals surface area contributed by atoms with E-state index in [0.29, 0.717) is 6.04 Å². The number of rotatable bonds is 7. The molecule has 0 radical (unpaired) electrons. The summed E-state index contributed by atoms with van der Waals surface area (Å²) in [6, 6.07) is 12.3. The van der Waals surface area contributed by atoms with Crippen LogP contribution < -0.4 is 4.90 Å². The highest BCUT2D eigenvalue weighted by Crippen LogP contribution is 2.34. The average Bonchev–Trinajstić information content (AvgIpc) is 3.04. The van der Waals surface area contributed by atoms with E-state index in [0.717, 1.165) is 63.1 Å². The summed E-state index contributed by atoms with van der Waals surface area (Å²) in [6.07, 6.45) is 7.45. The van der Waals surface area contributed by atoms with Gasteiger partial charge < -0.3 is 14.2 Å². The van der Waals surface area contributed by atoms with Gasteiger partial charge in [-0.25, -0.2) is 0 Å². The van der Waals surface area contributed by atoms with Crippen LogP contribution in [-0.4, -0.2) is 59.9 Å². The van der Waals surface area contributed by atoms with Crippen molar-refractivity contribution in [2.24, 2.45) is 13.0 Å². The number of anilines is 1. The van der Waals surface area contributed by atoms with Crippen molar-refractivity contribution >= 4 is 16.6 Å². The number of hydrogen-bond donors (Lipinski definition) is 0. The van der Waals surface area contributed by atoms with Crippen molar-refractivity contribution in [3.8, 4) is 11.3 Å². The van der Waals surface area contributed by atoms with Gasteiger partial charge in [-0.05, 0) is 102 Å². The van der Waals surface area contributed by atoms with E-state index in [9.17, 15) is 0 Å². The second-order valence-corrected chi connectivity index (χ2v) is 11.7. The number of fused-ring (bicyclic) bond motifs is 1. The van der Waals surface area contributed by atoms with Crippen molar-refractivity contribution in [3.63, 3.8) is 0 Å². The van der Waals surface area contributed by atoms with Gasteiger partial charge in [0.05, 0.1) is 11.2 Å². The molecule has 1 unspecified atom stereocenters. The van der Waals surface area contributed by atoms with Gasteiger partial charge in [0.1, 0.15) is 0 Å². The van der Waals surface area contributed by atoms with Crippen LogP contribution in [0.3, 0.4) is 0 Å². The van der Waals surface area contributed by atoms with Gasteiger partial charge in [0.2, 0.25) is 0 Å². The minimum absolute atomic E-state index is 0.627. The molecule has 3 aromatic rings. The van der Waals surface area contributed by atoms with Crippen molar-refractivity contribution in [2.45, 2.75) is 72.3 Å². The molecule has 1 atom stereocenters. The molecule has 0 saturated carbocycles. The minimum Gasteiger partial charge on any atom is -0.381 e. The molecule has 5 nitrogen and oxygen atoms in total. The first-order valence-electron chi connectivity index (χ1n) is 14.5. The van der Waals surface area contributed by atoms with E-state index in [1.165, 1.54) is 65.5 Å². The van der Waals surface area contributed by atoms with Crippen LogP contribution in [0.4, 0.5) is 5.69 Å². The largest absolute Gasteiger partial charge is 0.381 e. The molecule has 2 aromatic heterocycles. The molecule has 0 amide bonds. The highest BCUT2D eigenvalue weighted by Gasteiger charge is 2.21. The lowest BCUT2D eigenvalue weighted by atomic mass is 9.94. The lowest BCUT2D eigenvalue weighted by Gasteiger charge is -2.38. The Balaban J connectivity index is 1.35. The quantitative estimate of drug-likeness (QED) is 0.368.